The van der Waals surface area contributed by atoms with Gasteiger partial charge in [-0.2, -0.15) is 5.10 Å². The lowest BCUT2D eigenvalue weighted by atomic mass is 10.2. The van der Waals surface area contributed by atoms with Crippen LogP contribution >= 0.6 is 11.6 Å². The van der Waals surface area contributed by atoms with E-state index in [2.05, 4.69) is 11.9 Å². The summed E-state index contributed by atoms with van der Waals surface area (Å²) in [6.07, 6.45) is 6.54. The first-order valence-corrected chi connectivity index (χ1v) is 11.6. The molecule has 2 aromatic heterocycles. The van der Waals surface area contributed by atoms with Crippen molar-refractivity contribution < 1.29 is 13.9 Å². The first-order chi connectivity index (χ1) is 16.1. The van der Waals surface area contributed by atoms with E-state index >= 15 is 0 Å². The highest BCUT2D eigenvalue weighted by molar-refractivity contribution is 6.31. The molecule has 0 amide bonds. The maximum absolute atomic E-state index is 13.8. The molecule has 0 aliphatic carbocycles. The van der Waals surface area contributed by atoms with Crippen LogP contribution in [0, 0.1) is 5.82 Å². The minimum atomic E-state index is -0.461. The molecule has 1 fully saturated rings. The molecule has 3 aromatic rings. The number of hydrogen-bond acceptors (Lipinski definition) is 6. The molecule has 7 nitrogen and oxygen atoms in total. The molecule has 1 saturated heterocycles. The van der Waals surface area contributed by atoms with Gasteiger partial charge in [0.2, 0.25) is 0 Å². The van der Waals surface area contributed by atoms with Gasteiger partial charge in [-0.15, -0.1) is 0 Å². The Morgan fingerprint density at radius 2 is 2.24 bits per heavy atom. The third-order valence-corrected chi connectivity index (χ3v) is 5.97. The van der Waals surface area contributed by atoms with Crippen molar-refractivity contribution in [1.82, 2.24) is 20.1 Å². The van der Waals surface area contributed by atoms with E-state index in [1.807, 2.05) is 28.9 Å². The molecule has 0 spiro atoms. The summed E-state index contributed by atoms with van der Waals surface area (Å²) >= 11 is 6.08. The highest BCUT2D eigenvalue weighted by Crippen LogP contribution is 2.33. The van der Waals surface area contributed by atoms with Crippen molar-refractivity contribution in [1.29, 1.82) is 0 Å². The van der Waals surface area contributed by atoms with Crippen molar-refractivity contribution in [3.8, 4) is 0 Å². The molecule has 1 aliphatic heterocycles. The third kappa shape index (κ3) is 5.35. The molecule has 1 atom stereocenters. The molecular formula is C24H29ClFN5O2. The van der Waals surface area contributed by atoms with Crippen LogP contribution in [-0.4, -0.2) is 54.7 Å². The number of halogens is 2. The fraction of sp³-hybridized carbons (Fsp3) is 0.417. The van der Waals surface area contributed by atoms with Crippen molar-refractivity contribution in [2.75, 3.05) is 44.9 Å². The molecule has 0 radical (unpaired) electrons. The number of aromatic nitrogens is 3. The zero-order chi connectivity index (χ0) is 23.2. The molecular weight excluding hydrogens is 445 g/mol. The molecule has 1 N–H and O–H groups in total. The third-order valence-electron chi connectivity index (χ3n) is 5.68. The number of ether oxygens (including phenoxy) is 2. The van der Waals surface area contributed by atoms with E-state index in [-0.39, 0.29) is 11.3 Å². The van der Waals surface area contributed by atoms with Crippen LogP contribution in [0.5, 0.6) is 0 Å². The predicted molar refractivity (Wildman–Crippen MR) is 130 cm³/mol. The summed E-state index contributed by atoms with van der Waals surface area (Å²) in [6, 6.07) is 6.63. The number of likely N-dealkylation sites (N-methyl/N-ethyl adjacent to an activating group) is 1. The van der Waals surface area contributed by atoms with Gasteiger partial charge in [0.25, 0.3) is 0 Å². The number of nitrogens with zero attached hydrogens (tertiary/aromatic N) is 4. The van der Waals surface area contributed by atoms with E-state index in [0.717, 1.165) is 54.7 Å². The van der Waals surface area contributed by atoms with E-state index in [1.165, 1.54) is 6.07 Å². The summed E-state index contributed by atoms with van der Waals surface area (Å²) in [4.78, 5) is 6.69. The van der Waals surface area contributed by atoms with Gasteiger partial charge in [-0.1, -0.05) is 18.2 Å². The summed E-state index contributed by atoms with van der Waals surface area (Å²) in [6.45, 7) is 7.01. The number of hydrogen-bond donors (Lipinski definition) is 1. The average molecular weight is 474 g/mol. The summed E-state index contributed by atoms with van der Waals surface area (Å²) < 4.78 is 27.4. The Morgan fingerprint density at radius 1 is 1.36 bits per heavy atom. The van der Waals surface area contributed by atoms with E-state index < -0.39 is 5.82 Å². The largest absolute Gasteiger partial charge is 0.378 e. The molecule has 1 unspecified atom stereocenters. The van der Waals surface area contributed by atoms with Gasteiger partial charge in [0, 0.05) is 30.8 Å². The molecule has 33 heavy (non-hydrogen) atoms. The van der Waals surface area contributed by atoms with Crippen molar-refractivity contribution >= 4 is 40.1 Å². The van der Waals surface area contributed by atoms with Gasteiger partial charge in [0.1, 0.15) is 11.6 Å². The Morgan fingerprint density at radius 3 is 2.97 bits per heavy atom. The zero-order valence-electron chi connectivity index (χ0n) is 18.8. The minimum absolute atomic E-state index is 0.0590. The highest BCUT2D eigenvalue weighted by atomic mass is 35.5. The Kier molecular flexibility index (Phi) is 7.93. The summed E-state index contributed by atoms with van der Waals surface area (Å²) in [5.41, 5.74) is 2.39. The van der Waals surface area contributed by atoms with Crippen LogP contribution in [0.1, 0.15) is 31.2 Å². The van der Waals surface area contributed by atoms with Gasteiger partial charge in [-0.25, -0.2) is 14.1 Å². The van der Waals surface area contributed by atoms with Crippen LogP contribution in [0.15, 0.2) is 37.0 Å². The lowest BCUT2D eigenvalue weighted by Crippen LogP contribution is -2.25. The number of fused-ring (bicyclic) bond motifs is 1. The summed E-state index contributed by atoms with van der Waals surface area (Å²) in [7, 11) is 1.88. The van der Waals surface area contributed by atoms with Crippen molar-refractivity contribution in [3.05, 3.63) is 53.6 Å². The summed E-state index contributed by atoms with van der Waals surface area (Å²) in [5, 5.41) is 8.78. The average Bonchev–Trinajstić information content (AvgIpc) is 3.22. The molecule has 1 aliphatic rings. The SMILES string of the molecule is C=Cc1nn(C2CCCCO2)c2cnc(N(CCOCCNC)c3ccc(F)c(Cl)c3)cc12. The van der Waals surface area contributed by atoms with E-state index in [9.17, 15) is 4.39 Å². The fourth-order valence-corrected chi connectivity index (χ4v) is 4.12. The molecule has 0 bridgehead atoms. The monoisotopic (exact) mass is 473 g/mol. The predicted octanol–water partition coefficient (Wildman–Crippen LogP) is 4.94. The Bertz CT molecular complexity index is 1100. The van der Waals surface area contributed by atoms with Crippen LogP contribution in [0.25, 0.3) is 17.0 Å². The van der Waals surface area contributed by atoms with E-state index in [1.54, 1.807) is 18.2 Å². The van der Waals surface area contributed by atoms with Crippen LogP contribution in [0.4, 0.5) is 15.9 Å². The summed E-state index contributed by atoms with van der Waals surface area (Å²) in [5.74, 6) is 0.228. The van der Waals surface area contributed by atoms with Gasteiger partial charge in [0.05, 0.1) is 35.6 Å². The van der Waals surface area contributed by atoms with Crippen molar-refractivity contribution in [2.24, 2.45) is 0 Å². The normalized spacial score (nSPS) is 16.3. The topological polar surface area (TPSA) is 64.4 Å². The second-order valence-corrected chi connectivity index (χ2v) is 8.29. The lowest BCUT2D eigenvalue weighted by Gasteiger charge is -2.25. The number of rotatable bonds is 10. The minimum Gasteiger partial charge on any atom is -0.378 e. The molecule has 0 saturated carbocycles. The van der Waals surface area contributed by atoms with Gasteiger partial charge in [-0.3, -0.25) is 0 Å². The first kappa shape index (κ1) is 23.6. The fourth-order valence-electron chi connectivity index (χ4n) is 3.94. The van der Waals surface area contributed by atoms with Crippen LogP contribution < -0.4 is 10.2 Å². The molecule has 3 heterocycles. The quantitative estimate of drug-likeness (QED) is 0.421. The van der Waals surface area contributed by atoms with Crippen LogP contribution in [0.2, 0.25) is 5.02 Å². The zero-order valence-corrected chi connectivity index (χ0v) is 19.5. The van der Waals surface area contributed by atoms with Gasteiger partial charge < -0.3 is 19.7 Å². The number of benzene rings is 1. The second-order valence-electron chi connectivity index (χ2n) is 7.88. The first-order valence-electron chi connectivity index (χ1n) is 11.2. The Hall–Kier alpha value is -2.52. The number of pyridine rings is 1. The van der Waals surface area contributed by atoms with Crippen molar-refractivity contribution in [2.45, 2.75) is 25.5 Å². The smallest absolute Gasteiger partial charge is 0.150 e. The van der Waals surface area contributed by atoms with Crippen LogP contribution in [-0.2, 0) is 9.47 Å². The standard InChI is InChI=1S/C24H29ClFN5O2/c1-3-21-18-15-23(28-16-22(18)31(29-21)24-6-4-5-11-33-24)30(10-13-32-12-9-27-2)17-7-8-20(26)19(25)14-17/h3,7-8,14-16,24,27H,1,4-6,9-13H2,2H3. The molecule has 9 heteroatoms. The number of anilines is 2. The maximum atomic E-state index is 13.8. The van der Waals surface area contributed by atoms with Gasteiger partial charge in [0.15, 0.2) is 6.23 Å². The van der Waals surface area contributed by atoms with E-state index in [0.29, 0.717) is 25.6 Å². The lowest BCUT2D eigenvalue weighted by molar-refractivity contribution is -0.0367. The molecule has 1 aromatic carbocycles. The molecule has 4 rings (SSSR count). The Labute approximate surface area is 198 Å². The second kappa shape index (κ2) is 11.1. The number of nitrogens with one attached hydrogen (secondary N) is 1. The maximum Gasteiger partial charge on any atom is 0.150 e. The highest BCUT2D eigenvalue weighted by Gasteiger charge is 2.22. The molecule has 176 valence electrons. The van der Waals surface area contributed by atoms with Crippen LogP contribution in [0.3, 0.4) is 0 Å². The van der Waals surface area contributed by atoms with Gasteiger partial charge >= 0.3 is 0 Å². The van der Waals surface area contributed by atoms with E-state index in [4.69, 9.17) is 31.2 Å². The van der Waals surface area contributed by atoms with Gasteiger partial charge in [-0.05, 0) is 56.7 Å². The Balaban J connectivity index is 1.69. The van der Waals surface area contributed by atoms with Crippen molar-refractivity contribution in [3.63, 3.8) is 0 Å².